The summed E-state index contributed by atoms with van der Waals surface area (Å²) in [4.78, 5) is 2.64. The fourth-order valence-corrected chi connectivity index (χ4v) is 3.98. The van der Waals surface area contributed by atoms with Crippen LogP contribution in [0.5, 0.6) is 0 Å². The molecule has 3 fully saturated rings. The van der Waals surface area contributed by atoms with Gasteiger partial charge < -0.3 is 10.2 Å². The average Bonchev–Trinajstić information content (AvgIpc) is 2.47. The number of rotatable bonds is 4. The zero-order valence-electron chi connectivity index (χ0n) is 13.8. The molecule has 3 aliphatic heterocycles. The molecule has 4 rings (SSSR count). The third-order valence-corrected chi connectivity index (χ3v) is 5.09. The molecule has 0 spiro atoms. The summed E-state index contributed by atoms with van der Waals surface area (Å²) in [5.41, 5.74) is 1.80. The summed E-state index contributed by atoms with van der Waals surface area (Å²) in [6.07, 6.45) is 3.96. The first kappa shape index (κ1) is 15.1. The van der Waals surface area contributed by atoms with Gasteiger partial charge in [0.25, 0.3) is 0 Å². The predicted octanol–water partition coefficient (Wildman–Crippen LogP) is 3.85. The molecule has 1 aromatic carbocycles. The number of fused-ring (bicyclic) bond motifs is 3. The Balaban J connectivity index is 1.73. The summed E-state index contributed by atoms with van der Waals surface area (Å²) in [6.45, 7) is 10.9. The van der Waals surface area contributed by atoms with Crippen LogP contribution >= 0.6 is 0 Å². The van der Waals surface area contributed by atoms with Gasteiger partial charge in [0.15, 0.2) is 0 Å². The number of benzene rings is 1. The summed E-state index contributed by atoms with van der Waals surface area (Å²) in [5, 5.41) is 4.02. The minimum absolute atomic E-state index is 0.349. The van der Waals surface area contributed by atoms with E-state index in [1.54, 1.807) is 0 Å². The second-order valence-electron chi connectivity index (χ2n) is 8.14. The highest BCUT2D eigenvalue weighted by atomic mass is 15.2. The fourth-order valence-electron chi connectivity index (χ4n) is 3.98. The van der Waals surface area contributed by atoms with Crippen LogP contribution in [0.2, 0.25) is 0 Å². The van der Waals surface area contributed by atoms with Crippen molar-refractivity contribution in [3.8, 4) is 0 Å². The monoisotopic (exact) mass is 286 g/mol. The van der Waals surface area contributed by atoms with Crippen LogP contribution in [0.3, 0.4) is 0 Å². The van der Waals surface area contributed by atoms with E-state index < -0.39 is 0 Å². The van der Waals surface area contributed by atoms with Gasteiger partial charge in [0.1, 0.15) is 0 Å². The van der Waals surface area contributed by atoms with Gasteiger partial charge in [-0.05, 0) is 49.2 Å². The highest BCUT2D eigenvalue weighted by Crippen LogP contribution is 2.33. The van der Waals surface area contributed by atoms with Crippen molar-refractivity contribution < 1.29 is 0 Å². The predicted molar refractivity (Wildman–Crippen MR) is 89.3 cm³/mol. The molecule has 2 heteroatoms. The molecule has 116 valence electrons. The lowest BCUT2D eigenvalue weighted by molar-refractivity contribution is 0.0636. The molecule has 2 nitrogen and oxygen atoms in total. The van der Waals surface area contributed by atoms with E-state index in [2.05, 4.69) is 61.3 Å². The van der Waals surface area contributed by atoms with Crippen LogP contribution in [0, 0.1) is 11.3 Å². The number of piperidine rings is 3. The lowest BCUT2D eigenvalue weighted by Gasteiger charge is -2.46. The van der Waals surface area contributed by atoms with Crippen LogP contribution in [0.25, 0.3) is 0 Å². The van der Waals surface area contributed by atoms with E-state index in [1.807, 2.05) is 0 Å². The van der Waals surface area contributed by atoms with Gasteiger partial charge in [-0.2, -0.15) is 0 Å². The molecule has 21 heavy (non-hydrogen) atoms. The topological polar surface area (TPSA) is 15.3 Å². The maximum Gasteiger partial charge on any atom is 0.0328 e. The molecule has 0 aliphatic carbocycles. The van der Waals surface area contributed by atoms with Crippen molar-refractivity contribution in [3.05, 3.63) is 35.9 Å². The smallest absolute Gasteiger partial charge is 0.0328 e. The molecular weight excluding hydrogens is 256 g/mol. The maximum absolute atomic E-state index is 4.02. The molecule has 2 bridgehead atoms. The van der Waals surface area contributed by atoms with Crippen LogP contribution in [0.4, 0.5) is 0 Å². The lowest BCUT2D eigenvalue weighted by Crippen LogP contribution is -2.56. The van der Waals surface area contributed by atoms with Gasteiger partial charge in [-0.1, -0.05) is 51.1 Å². The van der Waals surface area contributed by atoms with E-state index in [1.165, 1.54) is 44.5 Å². The van der Waals surface area contributed by atoms with Gasteiger partial charge in [-0.25, -0.2) is 0 Å². The molecule has 2 unspecified atom stereocenters. The van der Waals surface area contributed by atoms with Gasteiger partial charge in [-0.3, -0.25) is 0 Å². The first-order chi connectivity index (χ1) is 10.0. The standard InChI is InChI=1S/C19H30N2/c1-19(2,3)13-17(15-7-5-4-6-8-15)20-18-14-21-11-9-16(18)10-12-21/h4-8,16-18,20H,9-14H2,1-3H3. The summed E-state index contributed by atoms with van der Waals surface area (Å²) >= 11 is 0. The second kappa shape index (κ2) is 6.10. The summed E-state index contributed by atoms with van der Waals surface area (Å²) in [6, 6.07) is 12.2. The van der Waals surface area contributed by atoms with E-state index in [0.29, 0.717) is 17.5 Å². The zero-order valence-corrected chi connectivity index (χ0v) is 13.8. The van der Waals surface area contributed by atoms with Crippen molar-refractivity contribution in [3.63, 3.8) is 0 Å². The summed E-state index contributed by atoms with van der Waals surface area (Å²) in [7, 11) is 0. The highest BCUT2D eigenvalue weighted by molar-refractivity contribution is 5.19. The zero-order chi connectivity index (χ0) is 14.9. The van der Waals surface area contributed by atoms with E-state index >= 15 is 0 Å². The average molecular weight is 286 g/mol. The van der Waals surface area contributed by atoms with Crippen LogP contribution < -0.4 is 5.32 Å². The highest BCUT2D eigenvalue weighted by Gasteiger charge is 2.35. The normalized spacial score (nSPS) is 30.3. The van der Waals surface area contributed by atoms with Crippen molar-refractivity contribution >= 4 is 0 Å². The quantitative estimate of drug-likeness (QED) is 0.904. The molecule has 3 aliphatic rings. The number of hydrogen-bond acceptors (Lipinski definition) is 2. The van der Waals surface area contributed by atoms with Gasteiger partial charge in [0, 0.05) is 18.6 Å². The van der Waals surface area contributed by atoms with E-state index in [9.17, 15) is 0 Å². The molecule has 0 aromatic heterocycles. The summed E-state index contributed by atoms with van der Waals surface area (Å²) in [5.74, 6) is 0.890. The SMILES string of the molecule is CC(C)(C)CC(NC1CN2CCC1CC2)c1ccccc1. The van der Waals surface area contributed by atoms with Gasteiger partial charge in [0.05, 0.1) is 0 Å². The molecule has 0 saturated carbocycles. The molecule has 3 saturated heterocycles. The van der Waals surface area contributed by atoms with Crippen molar-refractivity contribution in [2.24, 2.45) is 11.3 Å². The molecular formula is C19H30N2. The Bertz CT molecular complexity index is 440. The minimum atomic E-state index is 0.349. The fraction of sp³-hybridized carbons (Fsp3) is 0.684. The van der Waals surface area contributed by atoms with Crippen LogP contribution in [0.1, 0.15) is 51.6 Å². The largest absolute Gasteiger partial charge is 0.306 e. The van der Waals surface area contributed by atoms with Crippen LogP contribution in [-0.2, 0) is 0 Å². The Hall–Kier alpha value is -0.860. The molecule has 1 N–H and O–H groups in total. The van der Waals surface area contributed by atoms with E-state index in [0.717, 1.165) is 5.92 Å². The van der Waals surface area contributed by atoms with E-state index in [4.69, 9.17) is 0 Å². The third-order valence-electron chi connectivity index (χ3n) is 5.09. The van der Waals surface area contributed by atoms with Gasteiger partial charge >= 0.3 is 0 Å². The Morgan fingerprint density at radius 2 is 1.81 bits per heavy atom. The van der Waals surface area contributed by atoms with Crippen LogP contribution in [-0.4, -0.2) is 30.6 Å². The Morgan fingerprint density at radius 3 is 2.33 bits per heavy atom. The minimum Gasteiger partial charge on any atom is -0.306 e. The Morgan fingerprint density at radius 1 is 1.14 bits per heavy atom. The Labute approximate surface area is 129 Å². The first-order valence-electron chi connectivity index (χ1n) is 8.55. The number of hydrogen-bond donors (Lipinski definition) is 1. The van der Waals surface area contributed by atoms with Crippen molar-refractivity contribution in [1.82, 2.24) is 10.2 Å². The van der Waals surface area contributed by atoms with Crippen LogP contribution in [0.15, 0.2) is 30.3 Å². The van der Waals surface area contributed by atoms with Crippen molar-refractivity contribution in [1.29, 1.82) is 0 Å². The van der Waals surface area contributed by atoms with Gasteiger partial charge in [0.2, 0.25) is 0 Å². The molecule has 2 atom stereocenters. The second-order valence-corrected chi connectivity index (χ2v) is 8.14. The van der Waals surface area contributed by atoms with E-state index in [-0.39, 0.29) is 0 Å². The van der Waals surface area contributed by atoms with Crippen molar-refractivity contribution in [2.75, 3.05) is 19.6 Å². The molecule has 0 radical (unpaired) electrons. The van der Waals surface area contributed by atoms with Gasteiger partial charge in [-0.15, -0.1) is 0 Å². The molecule has 0 amide bonds. The lowest BCUT2D eigenvalue weighted by atomic mass is 9.81. The maximum atomic E-state index is 4.02. The first-order valence-corrected chi connectivity index (χ1v) is 8.55. The third kappa shape index (κ3) is 3.87. The number of nitrogens with zero attached hydrogens (tertiary/aromatic N) is 1. The Kier molecular flexibility index (Phi) is 4.37. The molecule has 3 heterocycles. The van der Waals surface area contributed by atoms with Crippen molar-refractivity contribution in [2.45, 2.75) is 52.1 Å². The number of nitrogens with one attached hydrogen (secondary N) is 1. The summed E-state index contributed by atoms with van der Waals surface area (Å²) < 4.78 is 0. The molecule has 1 aromatic rings.